The maximum Gasteiger partial charge on any atom is 0.389 e. The molecule has 6 aromatic rings. The highest BCUT2D eigenvalue weighted by molar-refractivity contribution is 7.93. The standard InChI is InChI=1S/C15H14Cl2F3N3O3.C15H16F3N5O4S.C14H17N5O7S2/c1-3-26-13(24)10(17)4-8-5-12(11(18)6-9(8)16)23-15(25)22(14(19)20)7(2)21-23;1-9-19-12(22-14(20-9)27-2)21-13(24)23-28(25,26)11-6-4-3-5-10(11)7-8-15(16,17)18;1-4-27(21,22)9-6-5-7-15-12(9)28(23,24)19-14(20)18-13-16-10(25-2)8-11(17-13)26-3/h5-6,10,14H,3-4H2,1-2H3;3-6H,7-8H2,1-2H3,(H2,19,20,21,22,23,24);5-8H,4H2,1-3H3,(H2,16,17,18,19,20). The molecule has 0 saturated heterocycles. The zero-order valence-corrected chi connectivity index (χ0v) is 47.4. The second-order valence-electron chi connectivity index (χ2n) is 15.7. The van der Waals surface area contributed by atoms with Gasteiger partial charge >= 0.3 is 42.5 Å². The van der Waals surface area contributed by atoms with E-state index in [1.807, 2.05) is 0 Å². The molecule has 0 saturated carbocycles. The fourth-order valence-electron chi connectivity index (χ4n) is 6.36. The molecule has 0 fully saturated rings. The summed E-state index contributed by atoms with van der Waals surface area (Å²) in [7, 11) is -8.99. The van der Waals surface area contributed by atoms with Crippen LogP contribution < -0.4 is 40.0 Å². The lowest BCUT2D eigenvalue weighted by molar-refractivity contribution is -0.142. The predicted molar refractivity (Wildman–Crippen MR) is 276 cm³/mol. The van der Waals surface area contributed by atoms with E-state index in [-0.39, 0.29) is 86.5 Å². The highest BCUT2D eigenvalue weighted by Gasteiger charge is 2.31. The van der Waals surface area contributed by atoms with Crippen LogP contribution >= 0.6 is 23.2 Å². The highest BCUT2D eigenvalue weighted by atomic mass is 35.5. The number of urea groups is 2. The number of hydrogen-bond donors (Lipinski definition) is 4. The van der Waals surface area contributed by atoms with Gasteiger partial charge in [0.05, 0.1) is 44.7 Å². The molecule has 1 unspecified atom stereocenters. The third-order valence-electron chi connectivity index (χ3n) is 10.0. The fraction of sp³-hybridized carbons (Fsp3) is 0.341. The molecule has 4 aromatic heterocycles. The van der Waals surface area contributed by atoms with E-state index in [0.717, 1.165) is 30.5 Å². The van der Waals surface area contributed by atoms with Crippen molar-refractivity contribution in [3.8, 4) is 23.5 Å². The summed E-state index contributed by atoms with van der Waals surface area (Å²) in [6, 6.07) is 8.31. The van der Waals surface area contributed by atoms with E-state index in [9.17, 15) is 70.8 Å². The Morgan fingerprint density at radius 3 is 1.90 bits per heavy atom. The molecule has 0 spiro atoms. The van der Waals surface area contributed by atoms with Crippen molar-refractivity contribution in [2.24, 2.45) is 0 Å². The van der Waals surface area contributed by atoms with Gasteiger partial charge in [0.15, 0.2) is 20.7 Å². The van der Waals surface area contributed by atoms with Gasteiger partial charge in [-0.15, -0.1) is 16.7 Å². The first-order valence-electron chi connectivity index (χ1n) is 22.8. The van der Waals surface area contributed by atoms with Crippen LogP contribution in [-0.2, 0) is 52.3 Å². The summed E-state index contributed by atoms with van der Waals surface area (Å²) in [5.74, 6) is -2.49. The minimum absolute atomic E-state index is 0.0424. The van der Waals surface area contributed by atoms with Gasteiger partial charge in [0, 0.05) is 24.1 Å². The molecule has 4 heterocycles. The number of benzene rings is 2. The van der Waals surface area contributed by atoms with Crippen molar-refractivity contribution in [1.82, 2.24) is 53.7 Å². The van der Waals surface area contributed by atoms with E-state index in [4.69, 9.17) is 42.1 Å². The van der Waals surface area contributed by atoms with Crippen LogP contribution in [0.1, 0.15) is 49.6 Å². The SMILES string of the molecule is CCOC(=O)C(Cl)Cc1cc(-n2nc(C)n(C(F)F)c2=O)c(F)cc1Cl.CCS(=O)(=O)c1cccnc1S(=O)(=O)NC(=O)Nc1nc(OC)cc(OC)n1.COc1nc(C)nc(NC(=O)NS(=O)(=O)c2ccccc2CCC(F)(F)F)n1. The minimum atomic E-state index is -4.61. The molecular weight excluding hydrogens is 1220 g/mol. The molecule has 0 aliphatic carbocycles. The van der Waals surface area contributed by atoms with E-state index in [0.29, 0.717) is 4.68 Å². The van der Waals surface area contributed by atoms with E-state index in [1.54, 1.807) is 16.4 Å². The number of anilines is 2. The molecule has 446 valence electrons. The zero-order valence-electron chi connectivity index (χ0n) is 43.5. The van der Waals surface area contributed by atoms with Gasteiger partial charge in [0.25, 0.3) is 20.0 Å². The second kappa shape index (κ2) is 28.6. The summed E-state index contributed by atoms with van der Waals surface area (Å²) < 4.78 is 175. The van der Waals surface area contributed by atoms with Gasteiger partial charge in [-0.2, -0.15) is 60.0 Å². The highest BCUT2D eigenvalue weighted by Crippen LogP contribution is 2.28. The van der Waals surface area contributed by atoms with Crippen molar-refractivity contribution in [2.45, 2.75) is 79.9 Å². The summed E-state index contributed by atoms with van der Waals surface area (Å²) >= 11 is 11.9. The summed E-state index contributed by atoms with van der Waals surface area (Å²) in [6.07, 6.45) is -5.22. The normalized spacial score (nSPS) is 11.9. The summed E-state index contributed by atoms with van der Waals surface area (Å²) in [6.45, 7) is 2.66. The monoisotopic (exact) mass is 1260 g/mol. The van der Waals surface area contributed by atoms with Gasteiger partial charge in [-0.1, -0.05) is 36.7 Å². The van der Waals surface area contributed by atoms with Crippen molar-refractivity contribution >= 4 is 83.0 Å². The van der Waals surface area contributed by atoms with E-state index < -0.39 is 105 Å². The van der Waals surface area contributed by atoms with Gasteiger partial charge < -0.3 is 18.9 Å². The Morgan fingerprint density at radius 1 is 0.768 bits per heavy atom. The molecule has 0 radical (unpaired) electrons. The summed E-state index contributed by atoms with van der Waals surface area (Å²) in [5.41, 5.74) is -1.44. The summed E-state index contributed by atoms with van der Waals surface area (Å²) in [5, 5.41) is 5.93. The Kier molecular flexibility index (Phi) is 23.2. The average Bonchev–Trinajstić information content (AvgIpc) is 3.95. The molecule has 27 nitrogen and oxygen atoms in total. The summed E-state index contributed by atoms with van der Waals surface area (Å²) in [4.78, 5) is 69.5. The van der Waals surface area contributed by atoms with Gasteiger partial charge in [-0.05, 0) is 68.7 Å². The van der Waals surface area contributed by atoms with Crippen LogP contribution in [0.15, 0.2) is 80.4 Å². The predicted octanol–water partition coefficient (Wildman–Crippen LogP) is 5.63. The lowest BCUT2D eigenvalue weighted by atomic mass is 10.1. The van der Waals surface area contributed by atoms with Crippen molar-refractivity contribution in [1.29, 1.82) is 0 Å². The molecule has 0 aliphatic heterocycles. The molecule has 1 atom stereocenters. The topological polar surface area (TPSA) is 356 Å². The van der Waals surface area contributed by atoms with Crippen LogP contribution in [0.5, 0.6) is 17.8 Å². The third-order valence-corrected chi connectivity index (χ3v) is 15.3. The van der Waals surface area contributed by atoms with Gasteiger partial charge in [0.1, 0.15) is 27.6 Å². The number of pyridine rings is 1. The smallest absolute Gasteiger partial charge is 0.389 e. The molecule has 6 rings (SSSR count). The Labute approximate surface area is 472 Å². The number of sulfone groups is 1. The lowest BCUT2D eigenvalue weighted by Crippen LogP contribution is -2.36. The van der Waals surface area contributed by atoms with E-state index >= 15 is 0 Å². The first-order valence-corrected chi connectivity index (χ1v) is 28.2. The molecule has 82 heavy (non-hydrogen) atoms. The lowest BCUT2D eigenvalue weighted by Gasteiger charge is -2.13. The van der Waals surface area contributed by atoms with Crippen molar-refractivity contribution < 1.29 is 84.9 Å². The fourth-order valence-corrected chi connectivity index (χ4v) is 10.5. The number of methoxy groups -OCH3 is 3. The number of ether oxygens (including phenoxy) is 4. The molecule has 4 N–H and O–H groups in total. The zero-order chi connectivity index (χ0) is 61.5. The quantitative estimate of drug-likeness (QED) is 0.0433. The number of hydrogen-bond acceptors (Lipinski definition) is 21. The number of rotatable bonds is 19. The number of nitrogens with one attached hydrogen (secondary N) is 4. The molecular formula is C44H47Cl2F6N13O14S3. The number of carbonyl (C=O) groups is 3. The number of aromatic nitrogens is 9. The van der Waals surface area contributed by atoms with Gasteiger partial charge in [-0.25, -0.2) is 54.6 Å². The maximum atomic E-state index is 14.2. The number of aryl methyl sites for hydroxylation is 3. The number of esters is 1. The van der Waals surface area contributed by atoms with Crippen LogP contribution in [0.2, 0.25) is 5.02 Å². The van der Waals surface area contributed by atoms with Crippen molar-refractivity contribution in [2.75, 3.05) is 44.3 Å². The van der Waals surface area contributed by atoms with Crippen LogP contribution in [0.4, 0.5) is 47.8 Å². The number of sulfonamides is 2. The number of carbonyl (C=O) groups excluding carboxylic acids is 3. The molecule has 2 aromatic carbocycles. The van der Waals surface area contributed by atoms with Crippen LogP contribution in [-0.4, -0.2) is 133 Å². The number of halogens is 8. The molecule has 4 amide bonds. The Bertz CT molecular complexity index is 3680. The van der Waals surface area contributed by atoms with E-state index in [1.165, 1.54) is 72.4 Å². The Morgan fingerprint density at radius 2 is 1.35 bits per heavy atom. The number of alkyl halides is 6. The number of nitrogens with zero attached hydrogens (tertiary/aromatic N) is 9. The largest absolute Gasteiger partial charge is 0.481 e. The molecule has 0 aliphatic rings. The molecule has 38 heteroatoms. The van der Waals surface area contributed by atoms with Crippen molar-refractivity contribution in [3.05, 3.63) is 105 Å². The van der Waals surface area contributed by atoms with Crippen LogP contribution in [0.25, 0.3) is 5.69 Å². The maximum absolute atomic E-state index is 14.2. The third kappa shape index (κ3) is 18.5. The van der Waals surface area contributed by atoms with Crippen LogP contribution in [0.3, 0.4) is 0 Å². The first-order chi connectivity index (χ1) is 38.3. The molecule has 0 bridgehead atoms. The Balaban J connectivity index is 0.000000265. The van der Waals surface area contributed by atoms with Crippen LogP contribution in [0, 0.1) is 19.7 Å². The van der Waals surface area contributed by atoms with Gasteiger partial charge in [0.2, 0.25) is 23.7 Å². The first kappa shape index (κ1) is 66.6. The minimum Gasteiger partial charge on any atom is -0.481 e. The van der Waals surface area contributed by atoms with Crippen molar-refractivity contribution in [3.63, 3.8) is 0 Å². The van der Waals surface area contributed by atoms with E-state index in [2.05, 4.69) is 45.6 Å². The average molecular weight is 1260 g/mol. The number of amides is 4. The van der Waals surface area contributed by atoms with Gasteiger partial charge in [-0.3, -0.25) is 15.4 Å². The Hall–Kier alpha value is -7.96. The second-order valence-corrected chi connectivity index (χ2v) is 22.2.